The van der Waals surface area contributed by atoms with Gasteiger partial charge in [0.25, 0.3) is 0 Å². The first kappa shape index (κ1) is 23.2. The van der Waals surface area contributed by atoms with E-state index in [4.69, 9.17) is 19.9 Å². The number of anilines is 1. The van der Waals surface area contributed by atoms with Crippen molar-refractivity contribution in [1.29, 1.82) is 5.26 Å². The lowest BCUT2D eigenvalue weighted by molar-refractivity contribution is 0.252. The molecule has 0 saturated carbocycles. The number of pyridine rings is 1. The second kappa shape index (κ2) is 9.49. The molecule has 0 aliphatic carbocycles. The minimum atomic E-state index is -0.531. The summed E-state index contributed by atoms with van der Waals surface area (Å²) >= 11 is 3.52. The summed E-state index contributed by atoms with van der Waals surface area (Å²) in [5, 5.41) is 16.1. The van der Waals surface area contributed by atoms with Crippen LogP contribution in [0.4, 0.5) is 10.6 Å². The lowest BCUT2D eigenvalue weighted by Gasteiger charge is -2.28. The molecule has 4 N–H and O–H groups in total. The van der Waals surface area contributed by atoms with Crippen LogP contribution in [0.25, 0.3) is 10.9 Å². The zero-order valence-corrected chi connectivity index (χ0v) is 20.3. The number of carbonyl (C=O) groups is 1. The summed E-state index contributed by atoms with van der Waals surface area (Å²) in [7, 11) is 3.09. The Kier molecular flexibility index (Phi) is 6.47. The first-order valence-electron chi connectivity index (χ1n) is 10.4. The summed E-state index contributed by atoms with van der Waals surface area (Å²) in [5.74, 6) is 1.27. The maximum absolute atomic E-state index is 12.0. The van der Waals surface area contributed by atoms with E-state index in [1.165, 1.54) is 0 Å². The Morgan fingerprint density at radius 2 is 2.03 bits per heavy atom. The predicted octanol–water partition coefficient (Wildman–Crippen LogP) is 4.37. The van der Waals surface area contributed by atoms with Crippen molar-refractivity contribution >= 4 is 38.7 Å². The molecule has 3 aromatic rings. The zero-order chi connectivity index (χ0) is 24.4. The number of fused-ring (bicyclic) bond motifs is 3. The highest BCUT2D eigenvalue weighted by Gasteiger charge is 2.33. The van der Waals surface area contributed by atoms with Gasteiger partial charge in [-0.15, -0.1) is 0 Å². The Morgan fingerprint density at radius 1 is 1.26 bits per heavy atom. The van der Waals surface area contributed by atoms with Gasteiger partial charge in [-0.3, -0.25) is 5.32 Å². The molecule has 2 amide bonds. The van der Waals surface area contributed by atoms with Crippen molar-refractivity contribution in [2.24, 2.45) is 5.73 Å². The van der Waals surface area contributed by atoms with Gasteiger partial charge in [-0.1, -0.05) is 12.1 Å². The molecule has 4 rings (SSSR count). The van der Waals surface area contributed by atoms with Crippen LogP contribution in [-0.2, 0) is 0 Å². The number of nitrogens with two attached hydrogens (primary N) is 1. The van der Waals surface area contributed by atoms with E-state index < -0.39 is 5.92 Å². The molecule has 0 saturated heterocycles. The number of nitriles is 1. The number of nitrogens with one attached hydrogen (secondary N) is 2. The number of aromatic nitrogens is 1. The van der Waals surface area contributed by atoms with Gasteiger partial charge in [-0.25, -0.2) is 9.78 Å². The van der Waals surface area contributed by atoms with Crippen molar-refractivity contribution in [3.63, 3.8) is 0 Å². The fourth-order valence-corrected chi connectivity index (χ4v) is 4.56. The molecule has 1 unspecified atom stereocenters. The number of benzene rings is 2. The molecule has 0 fully saturated rings. The molecule has 34 heavy (non-hydrogen) atoms. The van der Waals surface area contributed by atoms with E-state index in [1.807, 2.05) is 31.2 Å². The van der Waals surface area contributed by atoms with E-state index in [9.17, 15) is 10.1 Å². The number of amides is 2. The van der Waals surface area contributed by atoms with Crippen LogP contribution >= 0.6 is 15.9 Å². The van der Waals surface area contributed by atoms with Crippen molar-refractivity contribution in [1.82, 2.24) is 10.3 Å². The van der Waals surface area contributed by atoms with E-state index in [1.54, 1.807) is 26.4 Å². The molecule has 0 spiro atoms. The largest absolute Gasteiger partial charge is 0.493 e. The van der Waals surface area contributed by atoms with E-state index in [-0.39, 0.29) is 17.5 Å². The highest BCUT2D eigenvalue weighted by Crippen LogP contribution is 2.48. The topological polar surface area (TPSA) is 132 Å². The maximum atomic E-state index is 12.0. The fraction of sp³-hybridized carbons (Fsp3) is 0.208. The third kappa shape index (κ3) is 4.06. The Morgan fingerprint density at radius 3 is 2.71 bits per heavy atom. The van der Waals surface area contributed by atoms with Crippen LogP contribution < -0.4 is 30.6 Å². The van der Waals surface area contributed by atoms with Gasteiger partial charge in [0, 0.05) is 17.5 Å². The predicted molar refractivity (Wildman–Crippen MR) is 131 cm³/mol. The van der Waals surface area contributed by atoms with Crippen molar-refractivity contribution < 1.29 is 19.0 Å². The average Bonchev–Trinajstić information content (AvgIpc) is 2.82. The quantitative estimate of drug-likeness (QED) is 0.452. The second-order valence-electron chi connectivity index (χ2n) is 7.40. The van der Waals surface area contributed by atoms with Crippen LogP contribution in [0.5, 0.6) is 17.2 Å². The SMILES string of the molecule is CCNC(=O)Nc1ccc2ccc3c(c2n1)OC(N)=C(C#N)C3c1cc(Br)c(OC)c(OC)c1. The molecule has 0 radical (unpaired) electrons. The van der Waals surface area contributed by atoms with Crippen LogP contribution in [-0.4, -0.2) is 31.8 Å². The number of allylic oxidation sites excluding steroid dienone is 1. The van der Waals surface area contributed by atoms with E-state index in [0.717, 1.165) is 10.9 Å². The van der Waals surface area contributed by atoms with Crippen LogP contribution in [0.15, 0.2) is 52.3 Å². The summed E-state index contributed by atoms with van der Waals surface area (Å²) in [4.78, 5) is 16.6. The van der Waals surface area contributed by atoms with Gasteiger partial charge >= 0.3 is 6.03 Å². The molecule has 174 valence electrons. The monoisotopic (exact) mass is 523 g/mol. The summed E-state index contributed by atoms with van der Waals surface area (Å²) in [6, 6.07) is 12.8. The van der Waals surface area contributed by atoms with Gasteiger partial charge in [0.15, 0.2) is 17.2 Å². The third-order valence-corrected chi connectivity index (χ3v) is 6.00. The van der Waals surface area contributed by atoms with Crippen LogP contribution in [0, 0.1) is 11.3 Å². The van der Waals surface area contributed by atoms with Crippen molar-refractivity contribution in [3.05, 3.63) is 63.5 Å². The molecule has 10 heteroatoms. The number of urea groups is 1. The van der Waals surface area contributed by atoms with Crippen LogP contribution in [0.2, 0.25) is 0 Å². The summed E-state index contributed by atoms with van der Waals surface area (Å²) < 4.78 is 17.5. The summed E-state index contributed by atoms with van der Waals surface area (Å²) in [6.45, 7) is 2.31. The minimum Gasteiger partial charge on any atom is -0.493 e. The first-order valence-corrected chi connectivity index (χ1v) is 11.2. The van der Waals surface area contributed by atoms with Crippen molar-refractivity contribution in [3.8, 4) is 23.3 Å². The number of nitrogens with zero attached hydrogens (tertiary/aromatic N) is 2. The number of methoxy groups -OCH3 is 2. The van der Waals surface area contributed by atoms with Gasteiger partial charge < -0.3 is 25.3 Å². The maximum Gasteiger partial charge on any atom is 0.320 e. The lowest BCUT2D eigenvalue weighted by atomic mass is 9.83. The number of ether oxygens (including phenoxy) is 3. The second-order valence-corrected chi connectivity index (χ2v) is 8.25. The molecule has 1 aliphatic heterocycles. The van der Waals surface area contributed by atoms with E-state index >= 15 is 0 Å². The number of hydrogen-bond donors (Lipinski definition) is 3. The van der Waals surface area contributed by atoms with E-state index in [0.29, 0.717) is 45.2 Å². The Hall–Kier alpha value is -3.97. The molecule has 9 nitrogen and oxygen atoms in total. The Balaban J connectivity index is 1.90. The summed E-state index contributed by atoms with van der Waals surface area (Å²) in [6.07, 6.45) is 0. The van der Waals surface area contributed by atoms with Gasteiger partial charge in [0.1, 0.15) is 23.0 Å². The van der Waals surface area contributed by atoms with E-state index in [2.05, 4.69) is 37.6 Å². The molecule has 1 aliphatic rings. The highest BCUT2D eigenvalue weighted by atomic mass is 79.9. The standard InChI is InChI=1S/C24H22BrN5O4/c1-4-28-24(31)30-18-8-6-12-5-7-14-19(13-9-16(25)22(33-3)17(10-13)32-2)15(11-26)23(27)34-21(14)20(12)29-18/h5-10,19H,4,27H2,1-3H3,(H2,28,29,30,31). The number of hydrogen-bond acceptors (Lipinski definition) is 7. The van der Waals surface area contributed by atoms with Crippen molar-refractivity contribution in [2.45, 2.75) is 12.8 Å². The number of halogens is 1. The average molecular weight is 524 g/mol. The van der Waals surface area contributed by atoms with Gasteiger partial charge in [0.2, 0.25) is 5.88 Å². The molecular formula is C24H22BrN5O4. The molecule has 2 aromatic carbocycles. The van der Waals surface area contributed by atoms with Gasteiger partial charge in [-0.05, 0) is 52.7 Å². The van der Waals surface area contributed by atoms with Crippen LogP contribution in [0.1, 0.15) is 24.0 Å². The molecule has 2 heterocycles. The smallest absolute Gasteiger partial charge is 0.320 e. The van der Waals surface area contributed by atoms with Crippen molar-refractivity contribution in [2.75, 3.05) is 26.1 Å². The van der Waals surface area contributed by atoms with Crippen LogP contribution in [0.3, 0.4) is 0 Å². The molecule has 0 bridgehead atoms. The normalized spacial score (nSPS) is 14.6. The highest BCUT2D eigenvalue weighted by molar-refractivity contribution is 9.10. The molecular weight excluding hydrogens is 502 g/mol. The Labute approximate surface area is 204 Å². The molecule has 1 aromatic heterocycles. The lowest BCUT2D eigenvalue weighted by Crippen LogP contribution is -2.28. The summed E-state index contributed by atoms with van der Waals surface area (Å²) in [5.41, 5.74) is 8.45. The fourth-order valence-electron chi connectivity index (χ4n) is 3.94. The first-order chi connectivity index (χ1) is 16.4. The minimum absolute atomic E-state index is 0.0118. The van der Waals surface area contributed by atoms with Gasteiger partial charge in [0.05, 0.1) is 24.6 Å². The number of carbonyl (C=O) groups excluding carboxylic acids is 1. The zero-order valence-electron chi connectivity index (χ0n) is 18.7. The third-order valence-electron chi connectivity index (χ3n) is 5.41. The molecule has 1 atom stereocenters. The number of rotatable bonds is 5. The Bertz CT molecular complexity index is 1370. The van der Waals surface area contributed by atoms with Gasteiger partial charge in [-0.2, -0.15) is 5.26 Å².